The van der Waals surface area contributed by atoms with Crippen molar-refractivity contribution in [3.8, 4) is 11.5 Å². The quantitative estimate of drug-likeness (QED) is 0.669. The molecule has 27 heavy (non-hydrogen) atoms. The third-order valence-electron chi connectivity index (χ3n) is 4.27. The fourth-order valence-corrected chi connectivity index (χ4v) is 2.87. The normalized spacial score (nSPS) is 12.3. The first-order valence-electron chi connectivity index (χ1n) is 8.78. The summed E-state index contributed by atoms with van der Waals surface area (Å²) in [6, 6.07) is 23.3. The molecule has 0 radical (unpaired) electrons. The lowest BCUT2D eigenvalue weighted by molar-refractivity contribution is -0.115. The van der Waals surface area contributed by atoms with Crippen LogP contribution in [0.1, 0.15) is 16.7 Å². The summed E-state index contributed by atoms with van der Waals surface area (Å²) >= 11 is 0. The van der Waals surface area contributed by atoms with Gasteiger partial charge in [0.25, 0.3) is 0 Å². The zero-order valence-corrected chi connectivity index (χ0v) is 14.7. The lowest BCUT2D eigenvalue weighted by Crippen LogP contribution is -2.14. The van der Waals surface area contributed by atoms with Crippen molar-refractivity contribution in [1.82, 2.24) is 0 Å². The van der Waals surface area contributed by atoms with Crippen molar-refractivity contribution in [3.63, 3.8) is 0 Å². The second-order valence-electron chi connectivity index (χ2n) is 6.28. The molecule has 3 aromatic rings. The predicted octanol–water partition coefficient (Wildman–Crippen LogP) is 4.77. The maximum Gasteiger partial charge on any atom is 0.231 e. The summed E-state index contributed by atoms with van der Waals surface area (Å²) in [5, 5.41) is 2.93. The lowest BCUT2D eigenvalue weighted by Gasteiger charge is -2.06. The lowest BCUT2D eigenvalue weighted by atomic mass is 10.1. The Morgan fingerprint density at radius 3 is 2.37 bits per heavy atom. The minimum atomic E-state index is -0.0233. The van der Waals surface area contributed by atoms with Gasteiger partial charge in [0.2, 0.25) is 12.7 Å². The topological polar surface area (TPSA) is 47.6 Å². The van der Waals surface area contributed by atoms with Gasteiger partial charge in [-0.1, -0.05) is 60.7 Å². The van der Waals surface area contributed by atoms with Gasteiger partial charge in [0.05, 0.1) is 6.42 Å². The maximum atomic E-state index is 12.1. The van der Waals surface area contributed by atoms with Gasteiger partial charge in [-0.25, -0.2) is 0 Å². The molecule has 1 N–H and O–H groups in total. The van der Waals surface area contributed by atoms with Gasteiger partial charge in [-0.3, -0.25) is 4.79 Å². The number of fused-ring (bicyclic) bond motifs is 1. The monoisotopic (exact) mass is 357 g/mol. The van der Waals surface area contributed by atoms with Crippen LogP contribution in [0, 0.1) is 0 Å². The van der Waals surface area contributed by atoms with Gasteiger partial charge in [-0.15, -0.1) is 0 Å². The first-order chi connectivity index (χ1) is 13.3. The Bertz CT molecular complexity index is 963. The number of hydrogen-bond donors (Lipinski definition) is 1. The Morgan fingerprint density at radius 1 is 0.852 bits per heavy atom. The maximum absolute atomic E-state index is 12.1. The zero-order chi connectivity index (χ0) is 18.5. The molecular weight excluding hydrogens is 338 g/mol. The van der Waals surface area contributed by atoms with Crippen LogP contribution in [0.3, 0.4) is 0 Å². The molecule has 1 heterocycles. The average molecular weight is 357 g/mol. The molecule has 0 saturated carbocycles. The second kappa shape index (κ2) is 7.79. The summed E-state index contributed by atoms with van der Waals surface area (Å²) in [5.41, 5.74) is 3.88. The Hall–Kier alpha value is -3.53. The van der Waals surface area contributed by atoms with Crippen LogP contribution in [0.15, 0.2) is 72.8 Å². The number of nitrogens with one attached hydrogen (secondary N) is 1. The second-order valence-corrected chi connectivity index (χ2v) is 6.28. The molecule has 134 valence electrons. The average Bonchev–Trinajstić information content (AvgIpc) is 3.16. The number of carbonyl (C=O) groups is 1. The van der Waals surface area contributed by atoms with Gasteiger partial charge in [-0.2, -0.15) is 0 Å². The molecule has 3 aromatic carbocycles. The van der Waals surface area contributed by atoms with E-state index in [0.29, 0.717) is 6.42 Å². The van der Waals surface area contributed by atoms with Gasteiger partial charge in [0, 0.05) is 5.69 Å². The summed E-state index contributed by atoms with van der Waals surface area (Å²) in [7, 11) is 0. The van der Waals surface area contributed by atoms with Crippen LogP contribution in [0.4, 0.5) is 5.69 Å². The molecule has 4 rings (SSSR count). The van der Waals surface area contributed by atoms with Crippen LogP contribution in [-0.4, -0.2) is 12.7 Å². The number of carbonyl (C=O) groups excluding carboxylic acids is 1. The van der Waals surface area contributed by atoms with E-state index in [1.807, 2.05) is 84.9 Å². The van der Waals surface area contributed by atoms with Gasteiger partial charge >= 0.3 is 0 Å². The van der Waals surface area contributed by atoms with Gasteiger partial charge in [0.15, 0.2) is 11.5 Å². The van der Waals surface area contributed by atoms with Crippen molar-refractivity contribution < 1.29 is 14.3 Å². The minimum absolute atomic E-state index is 0.0233. The van der Waals surface area contributed by atoms with E-state index in [1.165, 1.54) is 0 Å². The van der Waals surface area contributed by atoms with E-state index < -0.39 is 0 Å². The molecular formula is C23H19NO3. The molecule has 0 spiro atoms. The molecule has 1 aliphatic heterocycles. The minimum Gasteiger partial charge on any atom is -0.454 e. The van der Waals surface area contributed by atoms with E-state index in [1.54, 1.807) is 0 Å². The molecule has 0 unspecified atom stereocenters. The number of rotatable bonds is 5. The van der Waals surface area contributed by atoms with E-state index in [0.717, 1.165) is 33.9 Å². The fourth-order valence-electron chi connectivity index (χ4n) is 2.87. The third-order valence-corrected chi connectivity index (χ3v) is 4.27. The largest absolute Gasteiger partial charge is 0.454 e. The van der Waals surface area contributed by atoms with Crippen molar-refractivity contribution >= 4 is 23.7 Å². The molecule has 1 aliphatic rings. The first-order valence-corrected chi connectivity index (χ1v) is 8.78. The summed E-state index contributed by atoms with van der Waals surface area (Å²) in [6.45, 7) is 0.278. The SMILES string of the molecule is O=C(Cc1ccccc1)Nc1ccc(/C=C/c2ccc3c(c2)OCO3)cc1. The number of ether oxygens (including phenoxy) is 2. The van der Waals surface area contributed by atoms with Gasteiger partial charge in [-0.05, 0) is 41.0 Å². The van der Waals surface area contributed by atoms with Crippen molar-refractivity contribution in [2.75, 3.05) is 12.1 Å². The van der Waals surface area contributed by atoms with E-state index in [4.69, 9.17) is 9.47 Å². The summed E-state index contributed by atoms with van der Waals surface area (Å²) in [4.78, 5) is 12.1. The van der Waals surface area contributed by atoms with E-state index >= 15 is 0 Å². The molecule has 4 heteroatoms. The summed E-state index contributed by atoms with van der Waals surface area (Å²) in [5.74, 6) is 1.53. The van der Waals surface area contributed by atoms with E-state index in [9.17, 15) is 4.79 Å². The van der Waals surface area contributed by atoms with Crippen LogP contribution < -0.4 is 14.8 Å². The number of hydrogen-bond acceptors (Lipinski definition) is 3. The van der Waals surface area contributed by atoms with Crippen LogP contribution in [-0.2, 0) is 11.2 Å². The highest BCUT2D eigenvalue weighted by Gasteiger charge is 2.12. The van der Waals surface area contributed by atoms with Crippen molar-refractivity contribution in [2.45, 2.75) is 6.42 Å². The Morgan fingerprint density at radius 2 is 1.56 bits per heavy atom. The van der Waals surface area contributed by atoms with Crippen molar-refractivity contribution in [2.24, 2.45) is 0 Å². The highest BCUT2D eigenvalue weighted by Crippen LogP contribution is 2.33. The molecule has 0 aliphatic carbocycles. The zero-order valence-electron chi connectivity index (χ0n) is 14.7. The molecule has 0 saturated heterocycles. The highest BCUT2D eigenvalue weighted by molar-refractivity contribution is 5.92. The van der Waals surface area contributed by atoms with Crippen molar-refractivity contribution in [3.05, 3.63) is 89.5 Å². The van der Waals surface area contributed by atoms with E-state index in [2.05, 4.69) is 5.32 Å². The van der Waals surface area contributed by atoms with Crippen LogP contribution >= 0.6 is 0 Å². The summed E-state index contributed by atoms with van der Waals surface area (Å²) in [6.07, 6.45) is 4.41. The standard InChI is InChI=1S/C23H19NO3/c25-23(15-18-4-2-1-3-5-18)24-20-11-8-17(9-12-20)6-7-19-10-13-21-22(14-19)27-16-26-21/h1-14H,15-16H2,(H,24,25)/b7-6+. The number of anilines is 1. The van der Waals surface area contributed by atoms with Crippen LogP contribution in [0.25, 0.3) is 12.2 Å². The Balaban J connectivity index is 1.36. The van der Waals surface area contributed by atoms with Crippen LogP contribution in [0.2, 0.25) is 0 Å². The van der Waals surface area contributed by atoms with Gasteiger partial charge < -0.3 is 14.8 Å². The van der Waals surface area contributed by atoms with Crippen LogP contribution in [0.5, 0.6) is 11.5 Å². The first kappa shape index (κ1) is 16.9. The molecule has 0 bridgehead atoms. The third kappa shape index (κ3) is 4.36. The molecule has 4 nitrogen and oxygen atoms in total. The Kier molecular flexibility index (Phi) is 4.88. The predicted molar refractivity (Wildman–Crippen MR) is 107 cm³/mol. The molecule has 1 amide bonds. The van der Waals surface area contributed by atoms with E-state index in [-0.39, 0.29) is 12.7 Å². The smallest absolute Gasteiger partial charge is 0.231 e. The van der Waals surface area contributed by atoms with Gasteiger partial charge in [0.1, 0.15) is 0 Å². The fraction of sp³-hybridized carbons (Fsp3) is 0.0870. The summed E-state index contributed by atoms with van der Waals surface area (Å²) < 4.78 is 10.7. The number of amides is 1. The Labute approximate surface area is 158 Å². The molecule has 0 atom stereocenters. The highest BCUT2D eigenvalue weighted by atomic mass is 16.7. The number of benzene rings is 3. The van der Waals surface area contributed by atoms with Crippen molar-refractivity contribution in [1.29, 1.82) is 0 Å². The molecule has 0 aromatic heterocycles. The molecule has 0 fully saturated rings.